The molecule has 0 bridgehead atoms. The Bertz CT molecular complexity index is 482. The molecule has 1 aliphatic heterocycles. The molecule has 1 fully saturated rings. The van der Waals surface area contributed by atoms with E-state index in [1.54, 1.807) is 7.11 Å². The second-order valence-corrected chi connectivity index (χ2v) is 6.39. The molecule has 5 heteroatoms. The van der Waals surface area contributed by atoms with Crippen molar-refractivity contribution in [3.63, 3.8) is 0 Å². The summed E-state index contributed by atoms with van der Waals surface area (Å²) in [5, 5.41) is 6.49. The number of hydrogen-bond acceptors (Lipinski definition) is 3. The van der Waals surface area contributed by atoms with Gasteiger partial charge in [-0.15, -0.1) is 12.4 Å². The highest BCUT2D eigenvalue weighted by atomic mass is 35.5. The molecule has 0 atom stereocenters. The Morgan fingerprint density at radius 2 is 2.00 bits per heavy atom. The van der Waals surface area contributed by atoms with Crippen LogP contribution in [-0.2, 0) is 16.0 Å². The number of carbonyl (C=O) groups excluding carboxylic acids is 1. The molecular formula is C18H29ClN2O2. The first kappa shape index (κ1) is 19.9. The van der Waals surface area contributed by atoms with Crippen LogP contribution in [0.15, 0.2) is 24.3 Å². The van der Waals surface area contributed by atoms with Gasteiger partial charge in [0.1, 0.15) is 0 Å². The van der Waals surface area contributed by atoms with Crippen molar-refractivity contribution in [2.24, 2.45) is 5.41 Å². The highest BCUT2D eigenvalue weighted by Gasteiger charge is 2.32. The van der Waals surface area contributed by atoms with E-state index in [9.17, 15) is 4.79 Å². The largest absolute Gasteiger partial charge is 0.384 e. The SMILES string of the molecule is COCC1(CNC(=O)CCc2ccccc2C)CCNCC1.Cl. The molecule has 1 heterocycles. The van der Waals surface area contributed by atoms with E-state index in [-0.39, 0.29) is 23.7 Å². The molecule has 0 saturated carbocycles. The lowest BCUT2D eigenvalue weighted by Crippen LogP contribution is -2.47. The molecule has 130 valence electrons. The van der Waals surface area contributed by atoms with Gasteiger partial charge in [0.05, 0.1) is 6.61 Å². The maximum absolute atomic E-state index is 12.1. The smallest absolute Gasteiger partial charge is 0.220 e. The number of benzene rings is 1. The monoisotopic (exact) mass is 340 g/mol. The van der Waals surface area contributed by atoms with Gasteiger partial charge >= 0.3 is 0 Å². The van der Waals surface area contributed by atoms with E-state index in [2.05, 4.69) is 29.7 Å². The summed E-state index contributed by atoms with van der Waals surface area (Å²) in [6.07, 6.45) is 3.46. The summed E-state index contributed by atoms with van der Waals surface area (Å²) in [4.78, 5) is 12.1. The van der Waals surface area contributed by atoms with Crippen LogP contribution in [0.2, 0.25) is 0 Å². The molecule has 2 rings (SSSR count). The molecule has 0 spiro atoms. The van der Waals surface area contributed by atoms with E-state index in [0.717, 1.165) is 38.9 Å². The maximum atomic E-state index is 12.1. The van der Waals surface area contributed by atoms with Crippen LogP contribution in [0.3, 0.4) is 0 Å². The van der Waals surface area contributed by atoms with E-state index < -0.39 is 0 Å². The molecule has 1 aromatic rings. The Kier molecular flexibility index (Phi) is 8.59. The lowest BCUT2D eigenvalue weighted by molar-refractivity contribution is -0.122. The van der Waals surface area contributed by atoms with Crippen LogP contribution in [0.1, 0.15) is 30.4 Å². The van der Waals surface area contributed by atoms with Crippen molar-refractivity contribution in [3.05, 3.63) is 35.4 Å². The summed E-state index contributed by atoms with van der Waals surface area (Å²) < 4.78 is 5.38. The van der Waals surface area contributed by atoms with Gasteiger partial charge in [0.25, 0.3) is 0 Å². The van der Waals surface area contributed by atoms with Gasteiger partial charge in [0, 0.05) is 25.5 Å². The summed E-state index contributed by atoms with van der Waals surface area (Å²) >= 11 is 0. The van der Waals surface area contributed by atoms with Gasteiger partial charge in [-0.2, -0.15) is 0 Å². The number of carbonyl (C=O) groups is 1. The number of hydrogen-bond donors (Lipinski definition) is 2. The molecule has 1 saturated heterocycles. The van der Waals surface area contributed by atoms with Gasteiger partial charge in [-0.05, 0) is 50.4 Å². The topological polar surface area (TPSA) is 50.4 Å². The molecule has 0 aromatic heterocycles. The molecule has 1 aromatic carbocycles. The predicted molar refractivity (Wildman–Crippen MR) is 96.2 cm³/mol. The number of amides is 1. The average Bonchev–Trinajstić information content (AvgIpc) is 2.53. The minimum Gasteiger partial charge on any atom is -0.384 e. The zero-order chi connectivity index (χ0) is 15.8. The molecule has 1 aliphatic rings. The molecule has 0 unspecified atom stereocenters. The zero-order valence-electron chi connectivity index (χ0n) is 14.2. The average molecular weight is 341 g/mol. The Labute approximate surface area is 145 Å². The molecule has 4 nitrogen and oxygen atoms in total. The van der Waals surface area contributed by atoms with Crippen LogP contribution in [-0.4, -0.2) is 39.3 Å². The fourth-order valence-corrected chi connectivity index (χ4v) is 3.15. The van der Waals surface area contributed by atoms with Gasteiger partial charge in [-0.3, -0.25) is 4.79 Å². The standard InChI is InChI=1S/C18H28N2O2.ClH/c1-15-5-3-4-6-16(15)7-8-17(21)20-13-18(14-22-2)9-11-19-12-10-18;/h3-6,19H,7-14H2,1-2H3,(H,20,21);1H. The highest BCUT2D eigenvalue weighted by molar-refractivity contribution is 5.85. The van der Waals surface area contributed by atoms with E-state index in [1.807, 2.05) is 12.1 Å². The lowest BCUT2D eigenvalue weighted by atomic mass is 9.79. The van der Waals surface area contributed by atoms with Gasteiger partial charge < -0.3 is 15.4 Å². The first-order valence-corrected chi connectivity index (χ1v) is 8.16. The number of halogens is 1. The van der Waals surface area contributed by atoms with Crippen LogP contribution in [0, 0.1) is 12.3 Å². The van der Waals surface area contributed by atoms with Gasteiger partial charge in [-0.1, -0.05) is 24.3 Å². The third-order valence-corrected chi connectivity index (χ3v) is 4.66. The van der Waals surface area contributed by atoms with Crippen molar-refractivity contribution in [2.45, 2.75) is 32.6 Å². The zero-order valence-corrected chi connectivity index (χ0v) is 15.0. The van der Waals surface area contributed by atoms with Crippen LogP contribution in [0.25, 0.3) is 0 Å². The van der Waals surface area contributed by atoms with Crippen LogP contribution >= 0.6 is 12.4 Å². The second-order valence-electron chi connectivity index (χ2n) is 6.39. The fraction of sp³-hybridized carbons (Fsp3) is 0.611. The summed E-state index contributed by atoms with van der Waals surface area (Å²) in [6.45, 7) is 5.53. The van der Waals surface area contributed by atoms with Crippen molar-refractivity contribution in [1.82, 2.24) is 10.6 Å². The van der Waals surface area contributed by atoms with Crippen molar-refractivity contribution in [1.29, 1.82) is 0 Å². The van der Waals surface area contributed by atoms with Crippen molar-refractivity contribution in [3.8, 4) is 0 Å². The third-order valence-electron chi connectivity index (χ3n) is 4.66. The minimum absolute atomic E-state index is 0. The van der Waals surface area contributed by atoms with Crippen LogP contribution in [0.4, 0.5) is 0 Å². The number of nitrogens with one attached hydrogen (secondary N) is 2. The summed E-state index contributed by atoms with van der Waals surface area (Å²) in [6, 6.07) is 8.26. The summed E-state index contributed by atoms with van der Waals surface area (Å²) in [5.74, 6) is 0.136. The molecular weight excluding hydrogens is 312 g/mol. The first-order valence-electron chi connectivity index (χ1n) is 8.16. The third kappa shape index (κ3) is 6.13. The molecule has 0 aliphatic carbocycles. The Hall–Kier alpha value is -1.10. The quantitative estimate of drug-likeness (QED) is 0.801. The minimum atomic E-state index is 0. The van der Waals surface area contributed by atoms with Crippen LogP contribution in [0.5, 0.6) is 0 Å². The van der Waals surface area contributed by atoms with E-state index >= 15 is 0 Å². The summed E-state index contributed by atoms with van der Waals surface area (Å²) in [5.41, 5.74) is 2.61. The van der Waals surface area contributed by atoms with Crippen LogP contribution < -0.4 is 10.6 Å². The number of methoxy groups -OCH3 is 1. The number of piperidine rings is 1. The normalized spacial score (nSPS) is 16.4. The van der Waals surface area contributed by atoms with Gasteiger partial charge in [0.15, 0.2) is 0 Å². The van der Waals surface area contributed by atoms with E-state index in [4.69, 9.17) is 4.74 Å². The predicted octanol–water partition coefficient (Wildman–Crippen LogP) is 2.48. The van der Waals surface area contributed by atoms with E-state index in [0.29, 0.717) is 13.0 Å². The van der Waals surface area contributed by atoms with Gasteiger partial charge in [0.2, 0.25) is 5.91 Å². The fourth-order valence-electron chi connectivity index (χ4n) is 3.15. The molecule has 1 amide bonds. The van der Waals surface area contributed by atoms with Crippen molar-refractivity contribution in [2.75, 3.05) is 33.4 Å². The Morgan fingerprint density at radius 3 is 2.65 bits per heavy atom. The Morgan fingerprint density at radius 1 is 1.30 bits per heavy atom. The molecule has 2 N–H and O–H groups in total. The van der Waals surface area contributed by atoms with E-state index in [1.165, 1.54) is 11.1 Å². The van der Waals surface area contributed by atoms with Crippen molar-refractivity contribution < 1.29 is 9.53 Å². The number of aryl methyl sites for hydroxylation is 2. The second kappa shape index (κ2) is 9.91. The number of rotatable bonds is 7. The highest BCUT2D eigenvalue weighted by Crippen LogP contribution is 2.28. The number of ether oxygens (including phenoxy) is 1. The first-order chi connectivity index (χ1) is 10.7. The maximum Gasteiger partial charge on any atom is 0.220 e. The van der Waals surface area contributed by atoms with Gasteiger partial charge in [-0.25, -0.2) is 0 Å². The Balaban J connectivity index is 0.00000264. The molecule has 23 heavy (non-hydrogen) atoms. The summed E-state index contributed by atoms with van der Waals surface area (Å²) in [7, 11) is 1.74. The lowest BCUT2D eigenvalue weighted by Gasteiger charge is -2.37. The molecule has 0 radical (unpaired) electrons. The van der Waals surface area contributed by atoms with Crippen molar-refractivity contribution >= 4 is 18.3 Å².